The number of para-hydroxylation sites is 1. The summed E-state index contributed by atoms with van der Waals surface area (Å²) >= 11 is 0. The van der Waals surface area contributed by atoms with Crippen molar-refractivity contribution in [3.63, 3.8) is 0 Å². The lowest BCUT2D eigenvalue weighted by atomic mass is 10.2. The molecule has 7 nitrogen and oxygen atoms in total. The molecular weight excluding hydrogens is 262 g/mol. The Morgan fingerprint density at radius 2 is 2.17 bits per heavy atom. The van der Waals surface area contributed by atoms with Gasteiger partial charge in [0.25, 0.3) is 0 Å². The molecule has 0 spiro atoms. The summed E-state index contributed by atoms with van der Waals surface area (Å²) in [7, 11) is -3.84. The van der Waals surface area contributed by atoms with Gasteiger partial charge < -0.3 is 14.6 Å². The van der Waals surface area contributed by atoms with E-state index in [4.69, 9.17) is 14.6 Å². The molecule has 0 fully saturated rings. The first-order valence-electron chi connectivity index (χ1n) is 5.04. The number of hydrogen-bond donors (Lipinski definition) is 2. The second kappa shape index (κ2) is 4.83. The van der Waals surface area contributed by atoms with E-state index >= 15 is 0 Å². The third kappa shape index (κ3) is 2.90. The molecule has 1 aliphatic rings. The highest BCUT2D eigenvalue weighted by molar-refractivity contribution is 7.90. The normalized spacial score (nSPS) is 13.6. The summed E-state index contributed by atoms with van der Waals surface area (Å²) in [5, 5.41) is 8.44. The number of benzene rings is 1. The van der Waals surface area contributed by atoms with E-state index in [0.29, 0.717) is 17.1 Å². The number of carboxylic acid groups (broad SMARTS) is 1. The molecule has 18 heavy (non-hydrogen) atoms. The lowest BCUT2D eigenvalue weighted by Gasteiger charge is -2.07. The fourth-order valence-electron chi connectivity index (χ4n) is 1.53. The van der Waals surface area contributed by atoms with Gasteiger partial charge in [-0.1, -0.05) is 12.1 Å². The molecule has 0 bridgehead atoms. The average molecular weight is 273 g/mol. The molecule has 0 radical (unpaired) electrons. The van der Waals surface area contributed by atoms with Crippen LogP contribution in [-0.2, 0) is 21.4 Å². The number of sulfonamides is 1. The Kier molecular flexibility index (Phi) is 3.39. The van der Waals surface area contributed by atoms with Crippen LogP contribution in [0.4, 0.5) is 0 Å². The van der Waals surface area contributed by atoms with Crippen molar-refractivity contribution in [2.45, 2.75) is 6.54 Å². The molecule has 0 amide bonds. The Bertz CT molecular complexity index is 568. The predicted molar refractivity (Wildman–Crippen MR) is 60.8 cm³/mol. The summed E-state index contributed by atoms with van der Waals surface area (Å²) in [6.45, 7) is 0.0520. The fourth-order valence-corrected chi connectivity index (χ4v) is 2.33. The van der Waals surface area contributed by atoms with Crippen LogP contribution in [0.1, 0.15) is 5.56 Å². The van der Waals surface area contributed by atoms with Crippen LogP contribution in [0.2, 0.25) is 0 Å². The van der Waals surface area contributed by atoms with Crippen LogP contribution in [0, 0.1) is 0 Å². The summed E-state index contributed by atoms with van der Waals surface area (Å²) in [6.07, 6.45) is 0. The molecule has 0 aromatic heterocycles. The fraction of sp³-hybridized carbons (Fsp3) is 0.300. The number of carbonyl (C=O) groups is 1. The van der Waals surface area contributed by atoms with E-state index in [1.807, 2.05) is 0 Å². The second-order valence-corrected chi connectivity index (χ2v) is 5.43. The van der Waals surface area contributed by atoms with Crippen LogP contribution in [0.15, 0.2) is 18.2 Å². The van der Waals surface area contributed by atoms with Crippen molar-refractivity contribution in [2.24, 2.45) is 0 Å². The Morgan fingerprint density at radius 1 is 1.39 bits per heavy atom. The van der Waals surface area contributed by atoms with Crippen LogP contribution < -0.4 is 14.2 Å². The van der Waals surface area contributed by atoms with Gasteiger partial charge in [0.05, 0.1) is 0 Å². The van der Waals surface area contributed by atoms with E-state index in [1.165, 1.54) is 0 Å². The molecule has 1 aromatic rings. The third-order valence-corrected chi connectivity index (χ3v) is 3.49. The molecule has 0 atom stereocenters. The highest BCUT2D eigenvalue weighted by atomic mass is 32.2. The SMILES string of the molecule is O=C(O)CS(=O)(=O)NCc1cccc2c1OCO2. The third-order valence-electron chi connectivity index (χ3n) is 2.27. The predicted octanol–water partition coefficient (Wildman–Crippen LogP) is -0.0807. The molecule has 8 heteroatoms. The van der Waals surface area contributed by atoms with Crippen molar-refractivity contribution in [3.8, 4) is 11.5 Å². The molecule has 1 aliphatic heterocycles. The van der Waals surface area contributed by atoms with Crippen molar-refractivity contribution < 1.29 is 27.8 Å². The van der Waals surface area contributed by atoms with E-state index in [0.717, 1.165) is 0 Å². The number of hydrogen-bond acceptors (Lipinski definition) is 5. The van der Waals surface area contributed by atoms with E-state index in [9.17, 15) is 13.2 Å². The van der Waals surface area contributed by atoms with Crippen molar-refractivity contribution >= 4 is 16.0 Å². The van der Waals surface area contributed by atoms with Crippen molar-refractivity contribution in [1.29, 1.82) is 0 Å². The maximum Gasteiger partial charge on any atom is 0.320 e. The summed E-state index contributed by atoms with van der Waals surface area (Å²) in [5.41, 5.74) is 0.596. The number of rotatable bonds is 5. The van der Waals surface area contributed by atoms with Gasteiger partial charge in [0.15, 0.2) is 17.3 Å². The van der Waals surface area contributed by atoms with Crippen LogP contribution in [0.5, 0.6) is 11.5 Å². The van der Waals surface area contributed by atoms with Gasteiger partial charge in [-0.05, 0) is 6.07 Å². The van der Waals surface area contributed by atoms with Gasteiger partial charge >= 0.3 is 5.97 Å². The highest BCUT2D eigenvalue weighted by Crippen LogP contribution is 2.35. The molecule has 0 saturated carbocycles. The molecule has 0 aliphatic carbocycles. The van der Waals surface area contributed by atoms with E-state index in [2.05, 4.69) is 4.72 Å². The Hall–Kier alpha value is -1.80. The standard InChI is InChI=1S/C10H11NO6S/c12-9(13)5-18(14,15)11-4-7-2-1-3-8-10(7)17-6-16-8/h1-3,11H,4-6H2,(H,12,13). The minimum Gasteiger partial charge on any atom is -0.480 e. The van der Waals surface area contributed by atoms with E-state index < -0.39 is 21.7 Å². The van der Waals surface area contributed by atoms with Gasteiger partial charge in [0.1, 0.15) is 0 Å². The quantitative estimate of drug-likeness (QED) is 0.778. The zero-order valence-electron chi connectivity index (χ0n) is 9.25. The van der Waals surface area contributed by atoms with Crippen LogP contribution >= 0.6 is 0 Å². The van der Waals surface area contributed by atoms with Gasteiger partial charge in [0, 0.05) is 12.1 Å². The number of nitrogens with one attached hydrogen (secondary N) is 1. The summed E-state index contributed by atoms with van der Waals surface area (Å²) in [4.78, 5) is 10.3. The minimum absolute atomic E-state index is 0.0395. The summed E-state index contributed by atoms with van der Waals surface area (Å²) < 4.78 is 35.2. The zero-order valence-corrected chi connectivity index (χ0v) is 10.1. The number of aliphatic carboxylic acids is 1. The maximum atomic E-state index is 11.4. The molecule has 1 aromatic carbocycles. The van der Waals surface area contributed by atoms with Crippen molar-refractivity contribution in [2.75, 3.05) is 12.5 Å². The Morgan fingerprint density at radius 3 is 2.89 bits per heavy atom. The van der Waals surface area contributed by atoms with Gasteiger partial charge in [-0.15, -0.1) is 0 Å². The van der Waals surface area contributed by atoms with Gasteiger partial charge in [-0.3, -0.25) is 4.79 Å². The molecule has 2 rings (SSSR count). The monoisotopic (exact) mass is 273 g/mol. The topological polar surface area (TPSA) is 102 Å². The van der Waals surface area contributed by atoms with Crippen LogP contribution in [-0.4, -0.2) is 32.0 Å². The van der Waals surface area contributed by atoms with Crippen molar-refractivity contribution in [3.05, 3.63) is 23.8 Å². The first kappa shape index (κ1) is 12.7. The Balaban J connectivity index is 2.08. The van der Waals surface area contributed by atoms with E-state index in [-0.39, 0.29) is 13.3 Å². The first-order chi connectivity index (χ1) is 8.48. The van der Waals surface area contributed by atoms with Crippen molar-refractivity contribution in [1.82, 2.24) is 4.72 Å². The van der Waals surface area contributed by atoms with Crippen LogP contribution in [0.3, 0.4) is 0 Å². The highest BCUT2D eigenvalue weighted by Gasteiger charge is 2.20. The van der Waals surface area contributed by atoms with E-state index in [1.54, 1.807) is 18.2 Å². The van der Waals surface area contributed by atoms with Gasteiger partial charge in [0.2, 0.25) is 16.8 Å². The molecule has 2 N–H and O–H groups in total. The lowest BCUT2D eigenvalue weighted by molar-refractivity contribution is -0.134. The average Bonchev–Trinajstić information content (AvgIpc) is 2.72. The largest absolute Gasteiger partial charge is 0.480 e. The second-order valence-electron chi connectivity index (χ2n) is 3.62. The van der Waals surface area contributed by atoms with Gasteiger partial charge in [-0.2, -0.15) is 0 Å². The Labute approximate surface area is 103 Å². The minimum atomic E-state index is -3.84. The molecule has 0 saturated heterocycles. The number of ether oxygens (including phenoxy) is 2. The maximum absolute atomic E-state index is 11.4. The summed E-state index contributed by atoms with van der Waals surface area (Å²) in [6, 6.07) is 5.09. The number of fused-ring (bicyclic) bond motifs is 1. The smallest absolute Gasteiger partial charge is 0.320 e. The summed E-state index contributed by atoms with van der Waals surface area (Å²) in [5.74, 6) is -1.33. The first-order valence-corrected chi connectivity index (χ1v) is 6.70. The van der Waals surface area contributed by atoms with Gasteiger partial charge in [-0.25, -0.2) is 13.1 Å². The molecule has 1 heterocycles. The molecule has 0 unspecified atom stereocenters. The lowest BCUT2D eigenvalue weighted by Crippen LogP contribution is -2.29. The zero-order chi connectivity index (χ0) is 13.2. The molecular formula is C10H11NO6S. The van der Waals surface area contributed by atoms with Crippen LogP contribution in [0.25, 0.3) is 0 Å². The molecule has 98 valence electrons. The number of carboxylic acids is 1.